The lowest BCUT2D eigenvalue weighted by molar-refractivity contribution is -0.118. The average Bonchev–Trinajstić information content (AvgIpc) is 3.44. The van der Waals surface area contributed by atoms with Gasteiger partial charge in [0.2, 0.25) is 11.7 Å². The standard InChI is InChI=1S/C23H22N4O2S/c1-17-8-5-6-9-18(17)13-14-24-21(28)16-30-23-26-25-22(20-12-7-15-29-20)27(23)19-10-3-2-4-11-19/h2-12,15H,13-14,16H2,1H3,(H,24,28). The molecule has 1 N–H and O–H groups in total. The Morgan fingerprint density at radius 3 is 2.60 bits per heavy atom. The van der Waals surface area contributed by atoms with Crippen LogP contribution < -0.4 is 5.32 Å². The molecule has 0 aliphatic rings. The highest BCUT2D eigenvalue weighted by molar-refractivity contribution is 7.99. The van der Waals surface area contributed by atoms with Crippen molar-refractivity contribution in [3.05, 3.63) is 84.1 Å². The van der Waals surface area contributed by atoms with Gasteiger partial charge in [-0.3, -0.25) is 9.36 Å². The van der Waals surface area contributed by atoms with Gasteiger partial charge in [-0.15, -0.1) is 10.2 Å². The molecule has 7 heteroatoms. The van der Waals surface area contributed by atoms with Crippen LogP contribution in [0.4, 0.5) is 0 Å². The third-order valence-corrected chi connectivity index (χ3v) is 5.63. The number of hydrogen-bond donors (Lipinski definition) is 1. The van der Waals surface area contributed by atoms with E-state index in [1.54, 1.807) is 6.26 Å². The van der Waals surface area contributed by atoms with Crippen LogP contribution in [0.2, 0.25) is 0 Å². The third-order valence-electron chi connectivity index (χ3n) is 4.70. The first-order chi connectivity index (χ1) is 14.7. The largest absolute Gasteiger partial charge is 0.461 e. The Morgan fingerprint density at radius 2 is 1.83 bits per heavy atom. The van der Waals surface area contributed by atoms with Gasteiger partial charge in [0.25, 0.3) is 0 Å². The predicted molar refractivity (Wildman–Crippen MR) is 118 cm³/mol. The van der Waals surface area contributed by atoms with Crippen molar-refractivity contribution in [2.45, 2.75) is 18.5 Å². The lowest BCUT2D eigenvalue weighted by Crippen LogP contribution is -2.27. The van der Waals surface area contributed by atoms with Crippen LogP contribution in [0.1, 0.15) is 11.1 Å². The molecule has 4 aromatic rings. The average molecular weight is 419 g/mol. The number of aryl methyl sites for hydroxylation is 1. The summed E-state index contributed by atoms with van der Waals surface area (Å²) in [6, 6.07) is 21.7. The van der Waals surface area contributed by atoms with Crippen LogP contribution in [0.5, 0.6) is 0 Å². The molecule has 0 aliphatic carbocycles. The number of aromatic nitrogens is 3. The quantitative estimate of drug-likeness (QED) is 0.432. The highest BCUT2D eigenvalue weighted by Crippen LogP contribution is 2.28. The fraction of sp³-hybridized carbons (Fsp3) is 0.174. The van der Waals surface area contributed by atoms with Crippen LogP contribution in [0.15, 0.2) is 82.6 Å². The Hall–Kier alpha value is -3.32. The summed E-state index contributed by atoms with van der Waals surface area (Å²) < 4.78 is 7.42. The number of rotatable bonds is 8. The lowest BCUT2D eigenvalue weighted by Gasteiger charge is -2.09. The number of carbonyl (C=O) groups excluding carboxylic acids is 1. The minimum Gasteiger partial charge on any atom is -0.461 e. The smallest absolute Gasteiger partial charge is 0.230 e. The van der Waals surface area contributed by atoms with Crippen LogP contribution in [-0.4, -0.2) is 33.0 Å². The van der Waals surface area contributed by atoms with Gasteiger partial charge in [-0.2, -0.15) is 0 Å². The second-order valence-corrected chi connectivity index (χ2v) is 7.71. The van der Waals surface area contributed by atoms with E-state index < -0.39 is 0 Å². The summed E-state index contributed by atoms with van der Waals surface area (Å²) in [6.07, 6.45) is 2.42. The van der Waals surface area contributed by atoms with E-state index in [2.05, 4.69) is 34.6 Å². The molecule has 4 rings (SSSR count). The number of carbonyl (C=O) groups is 1. The van der Waals surface area contributed by atoms with Crippen molar-refractivity contribution in [1.82, 2.24) is 20.1 Å². The van der Waals surface area contributed by atoms with Gasteiger partial charge in [-0.05, 0) is 48.7 Å². The van der Waals surface area contributed by atoms with Gasteiger partial charge in [0.05, 0.1) is 12.0 Å². The molecule has 2 aromatic carbocycles. The predicted octanol–water partition coefficient (Wildman–Crippen LogP) is 4.29. The minimum absolute atomic E-state index is 0.0317. The van der Waals surface area contributed by atoms with Gasteiger partial charge in [0.1, 0.15) is 0 Å². The monoisotopic (exact) mass is 418 g/mol. The number of thioether (sulfide) groups is 1. The summed E-state index contributed by atoms with van der Waals surface area (Å²) >= 11 is 1.35. The van der Waals surface area contributed by atoms with Crippen molar-refractivity contribution in [2.75, 3.05) is 12.3 Å². The van der Waals surface area contributed by atoms with Crippen molar-refractivity contribution in [3.63, 3.8) is 0 Å². The molecule has 0 saturated carbocycles. The highest BCUT2D eigenvalue weighted by atomic mass is 32.2. The summed E-state index contributed by atoms with van der Waals surface area (Å²) in [6.45, 7) is 2.69. The molecule has 0 bridgehead atoms. The summed E-state index contributed by atoms with van der Waals surface area (Å²) in [5, 5.41) is 12.2. The molecule has 6 nitrogen and oxygen atoms in total. The first kappa shape index (κ1) is 20.0. The molecule has 30 heavy (non-hydrogen) atoms. The maximum absolute atomic E-state index is 12.4. The van der Waals surface area contributed by atoms with E-state index in [1.807, 2.05) is 59.2 Å². The maximum atomic E-state index is 12.4. The van der Waals surface area contributed by atoms with Gasteiger partial charge in [-0.1, -0.05) is 54.2 Å². The van der Waals surface area contributed by atoms with Gasteiger partial charge in [0, 0.05) is 12.2 Å². The zero-order valence-electron chi connectivity index (χ0n) is 16.6. The fourth-order valence-corrected chi connectivity index (χ4v) is 3.93. The van der Waals surface area contributed by atoms with E-state index in [0.29, 0.717) is 23.3 Å². The van der Waals surface area contributed by atoms with Crippen LogP contribution in [0.25, 0.3) is 17.3 Å². The number of nitrogens with zero attached hydrogens (tertiary/aromatic N) is 3. The number of furan rings is 1. The molecule has 0 fully saturated rings. The number of nitrogens with one attached hydrogen (secondary N) is 1. The second-order valence-electron chi connectivity index (χ2n) is 6.77. The molecule has 0 unspecified atom stereocenters. The van der Waals surface area contributed by atoms with E-state index in [-0.39, 0.29) is 11.7 Å². The molecular weight excluding hydrogens is 396 g/mol. The van der Waals surface area contributed by atoms with Gasteiger partial charge in [0.15, 0.2) is 10.9 Å². The Balaban J connectivity index is 1.42. The van der Waals surface area contributed by atoms with E-state index >= 15 is 0 Å². The summed E-state index contributed by atoms with van der Waals surface area (Å²) in [4.78, 5) is 12.4. The molecule has 0 saturated heterocycles. The first-order valence-corrected chi connectivity index (χ1v) is 10.7. The minimum atomic E-state index is -0.0317. The Morgan fingerprint density at radius 1 is 1.03 bits per heavy atom. The van der Waals surface area contributed by atoms with Crippen molar-refractivity contribution in [2.24, 2.45) is 0 Å². The molecule has 0 radical (unpaired) electrons. The topological polar surface area (TPSA) is 73.0 Å². The molecule has 1 amide bonds. The molecule has 152 valence electrons. The van der Waals surface area contributed by atoms with E-state index in [9.17, 15) is 4.79 Å². The second kappa shape index (κ2) is 9.45. The zero-order valence-corrected chi connectivity index (χ0v) is 17.4. The van der Waals surface area contributed by atoms with Gasteiger partial charge >= 0.3 is 0 Å². The summed E-state index contributed by atoms with van der Waals surface area (Å²) in [5.41, 5.74) is 3.40. The van der Waals surface area contributed by atoms with E-state index in [4.69, 9.17) is 4.42 Å². The Bertz CT molecular complexity index is 1110. The van der Waals surface area contributed by atoms with Crippen molar-refractivity contribution in [1.29, 1.82) is 0 Å². The lowest BCUT2D eigenvalue weighted by atomic mass is 10.1. The molecular formula is C23H22N4O2S. The molecule has 0 aliphatic heterocycles. The molecule has 0 spiro atoms. The van der Waals surface area contributed by atoms with E-state index in [1.165, 1.54) is 22.9 Å². The fourth-order valence-electron chi connectivity index (χ4n) is 3.15. The molecule has 2 aromatic heterocycles. The normalized spacial score (nSPS) is 10.8. The van der Waals surface area contributed by atoms with Crippen LogP contribution in [-0.2, 0) is 11.2 Å². The van der Waals surface area contributed by atoms with Crippen LogP contribution >= 0.6 is 11.8 Å². The highest BCUT2D eigenvalue weighted by Gasteiger charge is 2.18. The number of hydrogen-bond acceptors (Lipinski definition) is 5. The molecule has 2 heterocycles. The van der Waals surface area contributed by atoms with Crippen LogP contribution in [0, 0.1) is 6.92 Å². The van der Waals surface area contributed by atoms with Crippen molar-refractivity contribution in [3.8, 4) is 17.3 Å². The number of amides is 1. The van der Waals surface area contributed by atoms with Gasteiger partial charge < -0.3 is 9.73 Å². The maximum Gasteiger partial charge on any atom is 0.230 e. The first-order valence-electron chi connectivity index (χ1n) is 9.71. The molecule has 0 atom stereocenters. The SMILES string of the molecule is Cc1ccccc1CCNC(=O)CSc1nnc(-c2ccco2)n1-c1ccccc1. The van der Waals surface area contributed by atoms with Gasteiger partial charge in [-0.25, -0.2) is 0 Å². The van der Waals surface area contributed by atoms with E-state index in [0.717, 1.165) is 12.1 Å². The number of benzene rings is 2. The Labute approximate surface area is 179 Å². The number of para-hydroxylation sites is 1. The summed E-state index contributed by atoms with van der Waals surface area (Å²) in [5.74, 6) is 1.46. The zero-order chi connectivity index (χ0) is 20.8. The van der Waals surface area contributed by atoms with Crippen molar-refractivity contribution >= 4 is 17.7 Å². The summed E-state index contributed by atoms with van der Waals surface area (Å²) in [7, 11) is 0. The van der Waals surface area contributed by atoms with Crippen molar-refractivity contribution < 1.29 is 9.21 Å². The van der Waals surface area contributed by atoms with Crippen LogP contribution in [0.3, 0.4) is 0 Å². The third kappa shape index (κ3) is 4.63. The Kier molecular flexibility index (Phi) is 6.29.